The van der Waals surface area contributed by atoms with Crippen molar-refractivity contribution in [3.05, 3.63) is 35.9 Å². The first-order chi connectivity index (χ1) is 9.08. The van der Waals surface area contributed by atoms with Gasteiger partial charge in [0.05, 0.1) is 5.92 Å². The largest absolute Gasteiger partial charge is 0.465 e. The van der Waals surface area contributed by atoms with E-state index in [1.807, 2.05) is 37.3 Å². The Balaban J connectivity index is 1.88. The molecule has 1 amide bonds. The molecule has 0 saturated carbocycles. The first-order valence-electron chi connectivity index (χ1n) is 6.26. The molecule has 0 aromatic heterocycles. The second-order valence-corrected chi connectivity index (χ2v) is 4.86. The first-order valence-corrected chi connectivity index (χ1v) is 6.26. The van der Waals surface area contributed by atoms with Gasteiger partial charge in [0.25, 0.3) is 0 Å². The number of carboxylic acid groups (broad SMARTS) is 1. The number of carbonyl (C=O) groups excluding carboxylic acids is 1. The number of likely N-dealkylation sites (tertiary alicyclic amines) is 1. The van der Waals surface area contributed by atoms with Crippen LogP contribution in [-0.2, 0) is 16.1 Å². The minimum atomic E-state index is -0.981. The molecule has 102 valence electrons. The van der Waals surface area contributed by atoms with Gasteiger partial charge in [-0.3, -0.25) is 4.79 Å². The summed E-state index contributed by atoms with van der Waals surface area (Å²) in [5.74, 6) is -0.681. The van der Waals surface area contributed by atoms with Gasteiger partial charge in [-0.1, -0.05) is 37.3 Å². The molecule has 2 unspecified atom stereocenters. The van der Waals surface area contributed by atoms with E-state index in [2.05, 4.69) is 0 Å². The Bertz CT molecular complexity index is 460. The highest BCUT2D eigenvalue weighted by Gasteiger charge is 2.37. The molecule has 5 heteroatoms. The van der Waals surface area contributed by atoms with Gasteiger partial charge in [-0.2, -0.15) is 0 Å². The molecule has 1 aromatic rings. The molecule has 0 spiro atoms. The van der Waals surface area contributed by atoms with E-state index in [1.54, 1.807) is 0 Å². The van der Waals surface area contributed by atoms with Gasteiger partial charge in [0.2, 0.25) is 0 Å². The number of hydrogen-bond donors (Lipinski definition) is 1. The van der Waals surface area contributed by atoms with Gasteiger partial charge in [0.15, 0.2) is 0 Å². The molecule has 1 heterocycles. The van der Waals surface area contributed by atoms with Gasteiger partial charge in [-0.05, 0) is 11.5 Å². The second kappa shape index (κ2) is 5.73. The third-order valence-electron chi connectivity index (χ3n) is 3.41. The van der Waals surface area contributed by atoms with E-state index in [0.29, 0.717) is 6.54 Å². The van der Waals surface area contributed by atoms with Gasteiger partial charge in [0.1, 0.15) is 6.61 Å². The smallest absolute Gasteiger partial charge is 0.407 e. The fourth-order valence-corrected chi connectivity index (χ4v) is 2.27. The highest BCUT2D eigenvalue weighted by Crippen LogP contribution is 2.24. The Morgan fingerprint density at radius 2 is 2.00 bits per heavy atom. The van der Waals surface area contributed by atoms with Crippen LogP contribution < -0.4 is 0 Å². The molecule has 19 heavy (non-hydrogen) atoms. The van der Waals surface area contributed by atoms with Gasteiger partial charge in [-0.15, -0.1) is 0 Å². The van der Waals surface area contributed by atoms with Crippen LogP contribution in [0.1, 0.15) is 12.5 Å². The number of amides is 1. The molecule has 2 rings (SSSR count). The average Bonchev–Trinajstić information content (AvgIpc) is 2.80. The zero-order valence-corrected chi connectivity index (χ0v) is 10.8. The number of carbonyl (C=O) groups is 2. The van der Waals surface area contributed by atoms with Crippen molar-refractivity contribution in [2.45, 2.75) is 13.5 Å². The SMILES string of the molecule is CC1CN(C(=O)O)CC1C(=O)OCc1ccccc1. The van der Waals surface area contributed by atoms with Crippen molar-refractivity contribution < 1.29 is 19.4 Å². The highest BCUT2D eigenvalue weighted by molar-refractivity contribution is 5.75. The summed E-state index contributed by atoms with van der Waals surface area (Å²) in [4.78, 5) is 24.1. The predicted molar refractivity (Wildman–Crippen MR) is 68.5 cm³/mol. The third-order valence-corrected chi connectivity index (χ3v) is 3.41. The molecule has 0 bridgehead atoms. The van der Waals surface area contributed by atoms with E-state index < -0.39 is 6.09 Å². The topological polar surface area (TPSA) is 66.8 Å². The summed E-state index contributed by atoms with van der Waals surface area (Å²) < 4.78 is 5.25. The standard InChI is InChI=1S/C14H17NO4/c1-10-7-15(14(17)18)8-12(10)13(16)19-9-11-5-3-2-4-6-11/h2-6,10,12H,7-9H2,1H3,(H,17,18). The van der Waals surface area contributed by atoms with Crippen molar-refractivity contribution in [1.82, 2.24) is 4.90 Å². The lowest BCUT2D eigenvalue weighted by Gasteiger charge is -2.13. The van der Waals surface area contributed by atoms with E-state index >= 15 is 0 Å². The van der Waals surface area contributed by atoms with Crippen LogP contribution in [0.3, 0.4) is 0 Å². The maximum absolute atomic E-state index is 12.0. The van der Waals surface area contributed by atoms with E-state index in [4.69, 9.17) is 9.84 Å². The summed E-state index contributed by atoms with van der Waals surface area (Å²) in [7, 11) is 0. The van der Waals surface area contributed by atoms with Crippen molar-refractivity contribution in [1.29, 1.82) is 0 Å². The minimum Gasteiger partial charge on any atom is -0.465 e. The Hall–Kier alpha value is -2.04. The molecule has 0 radical (unpaired) electrons. The number of benzene rings is 1. The number of hydrogen-bond acceptors (Lipinski definition) is 3. The van der Waals surface area contributed by atoms with Gasteiger partial charge < -0.3 is 14.7 Å². The summed E-state index contributed by atoms with van der Waals surface area (Å²) >= 11 is 0. The molecule has 2 atom stereocenters. The van der Waals surface area contributed by atoms with Crippen LogP contribution in [0.25, 0.3) is 0 Å². The fraction of sp³-hybridized carbons (Fsp3) is 0.429. The Labute approximate surface area is 111 Å². The van der Waals surface area contributed by atoms with Crippen molar-refractivity contribution >= 4 is 12.1 Å². The summed E-state index contributed by atoms with van der Waals surface area (Å²) in [6.07, 6.45) is -0.981. The van der Waals surface area contributed by atoms with Crippen LogP contribution in [0.15, 0.2) is 30.3 Å². The molecule has 1 saturated heterocycles. The van der Waals surface area contributed by atoms with Gasteiger partial charge in [-0.25, -0.2) is 4.79 Å². The lowest BCUT2D eigenvalue weighted by atomic mass is 9.99. The van der Waals surface area contributed by atoms with E-state index in [1.165, 1.54) is 4.90 Å². The van der Waals surface area contributed by atoms with Gasteiger partial charge >= 0.3 is 12.1 Å². The summed E-state index contributed by atoms with van der Waals surface area (Å²) in [5, 5.41) is 8.91. The van der Waals surface area contributed by atoms with Crippen LogP contribution >= 0.6 is 0 Å². The van der Waals surface area contributed by atoms with Crippen LogP contribution in [0, 0.1) is 11.8 Å². The zero-order chi connectivity index (χ0) is 13.8. The zero-order valence-electron chi connectivity index (χ0n) is 10.8. The minimum absolute atomic E-state index is 0.000580. The Morgan fingerprint density at radius 3 is 2.58 bits per heavy atom. The average molecular weight is 263 g/mol. The van der Waals surface area contributed by atoms with E-state index in [0.717, 1.165) is 5.56 Å². The molecular formula is C14H17NO4. The van der Waals surface area contributed by atoms with Gasteiger partial charge in [0, 0.05) is 13.1 Å². The van der Waals surface area contributed by atoms with Crippen LogP contribution in [0.5, 0.6) is 0 Å². The maximum Gasteiger partial charge on any atom is 0.407 e. The Morgan fingerprint density at radius 1 is 1.32 bits per heavy atom. The predicted octanol–water partition coefficient (Wildman–Crippen LogP) is 1.98. The highest BCUT2D eigenvalue weighted by atomic mass is 16.5. The quantitative estimate of drug-likeness (QED) is 0.847. The molecular weight excluding hydrogens is 246 g/mol. The van der Waals surface area contributed by atoms with Crippen LogP contribution in [0.2, 0.25) is 0 Å². The molecule has 1 aromatic carbocycles. The number of nitrogens with zero attached hydrogens (tertiary/aromatic N) is 1. The normalized spacial score (nSPS) is 22.3. The molecule has 0 aliphatic carbocycles. The number of esters is 1. The monoisotopic (exact) mass is 263 g/mol. The first kappa shape index (κ1) is 13.4. The lowest BCUT2D eigenvalue weighted by Crippen LogP contribution is -2.28. The van der Waals surface area contributed by atoms with Crippen molar-refractivity contribution in [2.24, 2.45) is 11.8 Å². The Kier molecular flexibility index (Phi) is 4.04. The van der Waals surface area contributed by atoms with Crippen molar-refractivity contribution in [3.63, 3.8) is 0 Å². The molecule has 5 nitrogen and oxygen atoms in total. The summed E-state index contributed by atoms with van der Waals surface area (Å²) in [5.41, 5.74) is 0.927. The summed E-state index contributed by atoms with van der Waals surface area (Å²) in [6, 6.07) is 9.43. The number of ether oxygens (including phenoxy) is 1. The van der Waals surface area contributed by atoms with E-state index in [9.17, 15) is 9.59 Å². The van der Waals surface area contributed by atoms with Crippen molar-refractivity contribution in [3.8, 4) is 0 Å². The summed E-state index contributed by atoms with van der Waals surface area (Å²) in [6.45, 7) is 2.72. The van der Waals surface area contributed by atoms with Crippen LogP contribution in [0.4, 0.5) is 4.79 Å². The lowest BCUT2D eigenvalue weighted by molar-refractivity contribution is -0.150. The molecule has 1 fully saturated rings. The van der Waals surface area contributed by atoms with Crippen molar-refractivity contribution in [2.75, 3.05) is 13.1 Å². The molecule has 1 aliphatic heterocycles. The second-order valence-electron chi connectivity index (χ2n) is 4.86. The fourth-order valence-electron chi connectivity index (χ4n) is 2.27. The third kappa shape index (κ3) is 3.24. The van der Waals surface area contributed by atoms with E-state index in [-0.39, 0.29) is 31.0 Å². The number of rotatable bonds is 3. The maximum atomic E-state index is 12.0. The molecule has 1 aliphatic rings. The van der Waals surface area contributed by atoms with Crippen LogP contribution in [-0.4, -0.2) is 35.2 Å². The molecule has 1 N–H and O–H groups in total.